The van der Waals surface area contributed by atoms with E-state index in [1.54, 1.807) is 46.4 Å². The van der Waals surface area contributed by atoms with Crippen molar-refractivity contribution in [2.45, 2.75) is 178 Å². The number of hydrogen-bond donors (Lipinski definition) is 9. The van der Waals surface area contributed by atoms with Crippen molar-refractivity contribution < 1.29 is 68.0 Å². The third-order valence-electron chi connectivity index (χ3n) is 11.5. The molecular weight excluding hydrogens is 839 g/mol. The van der Waals surface area contributed by atoms with Gasteiger partial charge in [-0.25, -0.2) is 14.4 Å². The molecule has 368 valence electrons. The van der Waals surface area contributed by atoms with Gasteiger partial charge in [0.1, 0.15) is 52.6 Å². The van der Waals surface area contributed by atoms with Crippen LogP contribution >= 0.6 is 0 Å². The highest BCUT2D eigenvalue weighted by molar-refractivity contribution is 5.82. The number of amides is 4. The van der Waals surface area contributed by atoms with Gasteiger partial charge in [0.2, 0.25) is 0 Å². The molecule has 0 radical (unpaired) electrons. The number of ether oxygens (including phenoxy) is 6. The molecule has 4 rings (SSSR count). The number of piperidine rings is 1. The van der Waals surface area contributed by atoms with Gasteiger partial charge in [0.25, 0.3) is 5.91 Å². The Morgan fingerprint density at radius 2 is 1.56 bits per heavy atom. The van der Waals surface area contributed by atoms with Crippen molar-refractivity contribution in [1.82, 2.24) is 25.8 Å². The maximum Gasteiger partial charge on any atom is 0.410 e. The number of nitrogens with one attached hydrogen (secondary N) is 3. The lowest BCUT2D eigenvalue weighted by molar-refractivity contribution is -0.305. The molecule has 1 saturated carbocycles. The number of likely N-dealkylation sites (N-methyl/N-ethyl adjacent to an activating group) is 1. The van der Waals surface area contributed by atoms with Gasteiger partial charge >= 0.3 is 18.3 Å². The number of carbonyl (C=O) groups is 4. The number of nitrogens with two attached hydrogens (primary N) is 2. The average Bonchev–Trinajstić information content (AvgIpc) is 3.15. The fraction of sp³-hybridized carbons (Fsp3) is 0.860. The number of alkyl carbamates (subject to hydrolysis) is 1. The van der Waals surface area contributed by atoms with Gasteiger partial charge in [-0.15, -0.1) is 0 Å². The molecule has 0 aromatic heterocycles. The first-order valence-electron chi connectivity index (χ1n) is 22.3. The second-order valence-corrected chi connectivity index (χ2v) is 20.8. The number of carbonyl (C=O) groups excluding carboxylic acids is 4. The molecule has 1 unspecified atom stereocenters. The van der Waals surface area contributed by atoms with Crippen molar-refractivity contribution in [3.8, 4) is 0 Å². The average molecular weight is 916 g/mol. The van der Waals surface area contributed by atoms with Crippen molar-refractivity contribution in [2.75, 3.05) is 46.4 Å². The van der Waals surface area contributed by atoms with E-state index in [4.69, 9.17) is 39.9 Å². The molecule has 64 heavy (non-hydrogen) atoms. The van der Waals surface area contributed by atoms with Gasteiger partial charge in [-0.2, -0.15) is 0 Å². The van der Waals surface area contributed by atoms with Crippen LogP contribution in [0.4, 0.5) is 14.4 Å². The zero-order valence-corrected chi connectivity index (χ0v) is 39.5. The smallest absolute Gasteiger partial charge is 0.410 e. The summed E-state index contributed by atoms with van der Waals surface area (Å²) >= 11 is 0. The molecule has 21 heteroatoms. The summed E-state index contributed by atoms with van der Waals surface area (Å²) in [6.07, 6.45) is -6.93. The summed E-state index contributed by atoms with van der Waals surface area (Å²) < 4.78 is 34.9. The minimum atomic E-state index is -1.78. The molecule has 4 aliphatic rings. The molecule has 2 saturated heterocycles. The molecule has 12 atom stereocenters. The van der Waals surface area contributed by atoms with E-state index in [1.165, 1.54) is 14.0 Å². The first-order chi connectivity index (χ1) is 29.5. The van der Waals surface area contributed by atoms with Crippen LogP contribution in [0, 0.1) is 11.8 Å². The van der Waals surface area contributed by atoms with E-state index in [1.807, 2.05) is 26.8 Å². The Hall–Kier alpha value is -3.54. The van der Waals surface area contributed by atoms with Crippen molar-refractivity contribution >= 4 is 24.2 Å². The van der Waals surface area contributed by atoms with Gasteiger partial charge in [-0.3, -0.25) is 4.79 Å². The van der Waals surface area contributed by atoms with Gasteiger partial charge in [0.15, 0.2) is 6.29 Å². The lowest BCUT2D eigenvalue weighted by Crippen LogP contribution is -2.70. The summed E-state index contributed by atoms with van der Waals surface area (Å²) in [5, 5.41) is 54.6. The molecule has 4 amide bonds. The molecule has 11 N–H and O–H groups in total. The van der Waals surface area contributed by atoms with E-state index < -0.39 is 121 Å². The molecule has 0 bridgehead atoms. The fourth-order valence-electron chi connectivity index (χ4n) is 8.47. The summed E-state index contributed by atoms with van der Waals surface area (Å²) in [6.45, 7) is 18.2. The van der Waals surface area contributed by atoms with Crippen molar-refractivity contribution in [2.24, 2.45) is 23.3 Å². The van der Waals surface area contributed by atoms with Crippen LogP contribution in [0.1, 0.15) is 94.9 Å². The Morgan fingerprint density at radius 1 is 0.953 bits per heavy atom. The minimum Gasteiger partial charge on any atom is -0.492 e. The van der Waals surface area contributed by atoms with Gasteiger partial charge in [-0.1, -0.05) is 0 Å². The number of likely N-dealkylation sites (tertiary alicyclic amines) is 1. The standard InChI is InChI=1S/C43H77N7O14/c1-40(2,3)62-37(55)47-21-28(51)35(54)48-27-18-26(45)29(30(52)33(27)61-36-31(53)34(43(10,58)22-59-36)49(11)38(56)63-41(4,5)6)32-25(44)13-12-24(60-32)20-46-19-23-14-16-50(17-15-23)39(57)64-42(7,8)9/h12,23,25-34,36,46,51-53,58H,13-22,44-45H2,1-11H3,(H,47,55)(H,48,54)/t25-,26+,27-,28-,29?,30+,31-,32+,33+,34-,36-,43+/m1/s1. The highest BCUT2D eigenvalue weighted by Crippen LogP contribution is 2.37. The summed E-state index contributed by atoms with van der Waals surface area (Å²) in [6, 6.07) is -3.89. The van der Waals surface area contributed by atoms with Gasteiger partial charge in [0.05, 0.1) is 37.9 Å². The molecule has 3 fully saturated rings. The van der Waals surface area contributed by atoms with Gasteiger partial charge < -0.3 is 86.1 Å². The maximum atomic E-state index is 13.4. The quantitative estimate of drug-likeness (QED) is 0.120. The molecular formula is C43H77N7O14. The Balaban J connectivity index is 1.49. The lowest BCUT2D eigenvalue weighted by Gasteiger charge is -2.51. The molecule has 0 spiro atoms. The zero-order valence-electron chi connectivity index (χ0n) is 39.5. The lowest BCUT2D eigenvalue weighted by atomic mass is 9.72. The molecule has 3 heterocycles. The van der Waals surface area contributed by atoms with E-state index >= 15 is 0 Å². The molecule has 1 aliphatic carbocycles. The van der Waals surface area contributed by atoms with E-state index in [9.17, 15) is 39.6 Å². The number of aliphatic hydroxyl groups is 4. The van der Waals surface area contributed by atoms with Crippen LogP contribution in [0.25, 0.3) is 0 Å². The number of rotatable bonds is 12. The minimum absolute atomic E-state index is 0.0298. The second kappa shape index (κ2) is 21.4. The number of hydrogen-bond acceptors (Lipinski definition) is 17. The van der Waals surface area contributed by atoms with Crippen LogP contribution in [0.2, 0.25) is 0 Å². The maximum absolute atomic E-state index is 13.4. The summed E-state index contributed by atoms with van der Waals surface area (Å²) in [7, 11) is 1.36. The highest BCUT2D eigenvalue weighted by Gasteiger charge is 2.55. The largest absolute Gasteiger partial charge is 0.492 e. The van der Waals surface area contributed by atoms with Crippen LogP contribution in [0.3, 0.4) is 0 Å². The molecule has 3 aliphatic heterocycles. The predicted molar refractivity (Wildman–Crippen MR) is 232 cm³/mol. The van der Waals surface area contributed by atoms with Crippen molar-refractivity contribution in [1.29, 1.82) is 0 Å². The van der Waals surface area contributed by atoms with Crippen LogP contribution < -0.4 is 27.4 Å². The van der Waals surface area contributed by atoms with Crippen molar-refractivity contribution in [3.05, 3.63) is 11.8 Å². The normalized spacial score (nSPS) is 32.3. The Labute approximate surface area is 377 Å². The summed E-state index contributed by atoms with van der Waals surface area (Å²) in [4.78, 5) is 54.2. The molecule has 0 aromatic carbocycles. The summed E-state index contributed by atoms with van der Waals surface area (Å²) in [5.74, 6) is -0.916. The molecule has 21 nitrogen and oxygen atoms in total. The third kappa shape index (κ3) is 15.0. The van der Waals surface area contributed by atoms with Crippen LogP contribution in [-0.2, 0) is 33.2 Å². The van der Waals surface area contributed by atoms with E-state index in [-0.39, 0.29) is 12.5 Å². The number of nitrogens with zero attached hydrogens (tertiary/aromatic N) is 2. The Morgan fingerprint density at radius 3 is 2.16 bits per heavy atom. The first-order valence-corrected chi connectivity index (χ1v) is 22.3. The van der Waals surface area contributed by atoms with Gasteiger partial charge in [-0.05, 0) is 113 Å². The van der Waals surface area contributed by atoms with Crippen molar-refractivity contribution in [3.63, 3.8) is 0 Å². The van der Waals surface area contributed by atoms with Crippen LogP contribution in [-0.4, -0.2) is 184 Å². The van der Waals surface area contributed by atoms with Crippen LogP contribution in [0.15, 0.2) is 11.8 Å². The SMILES string of the molecule is CN(C(=O)OC(C)(C)C)[C@@H]1[C@@H](O)[C@@H](O[C@H]2[C@H](NC(=O)[C@H](O)CNC(=O)OC(C)(C)C)C[C@H](N)C([C@H]3OC(CNCC4CCN(C(=O)OC(C)(C)C)CC4)=CC[C@H]3N)[C@@H]2O)OC[C@]1(C)O. The predicted octanol–water partition coefficient (Wildman–Crippen LogP) is 0.391. The Bertz CT molecular complexity index is 1620. The Kier molecular flexibility index (Phi) is 17.7. The third-order valence-corrected chi connectivity index (χ3v) is 11.5. The van der Waals surface area contributed by atoms with Gasteiger partial charge in [0, 0.05) is 38.1 Å². The van der Waals surface area contributed by atoms with E-state index in [2.05, 4.69) is 16.0 Å². The van der Waals surface area contributed by atoms with E-state index in [0.29, 0.717) is 44.3 Å². The number of aliphatic hydroxyl groups excluding tert-OH is 3. The summed E-state index contributed by atoms with van der Waals surface area (Å²) in [5.41, 5.74) is 9.37. The monoisotopic (exact) mass is 916 g/mol. The topological polar surface area (TPSA) is 299 Å². The van der Waals surface area contributed by atoms with E-state index in [0.717, 1.165) is 17.7 Å². The zero-order chi connectivity index (χ0) is 48.1. The highest BCUT2D eigenvalue weighted by atomic mass is 16.7. The fourth-order valence-corrected chi connectivity index (χ4v) is 8.47. The van der Waals surface area contributed by atoms with Crippen LogP contribution in [0.5, 0.6) is 0 Å². The first kappa shape index (κ1) is 53.1. The molecule has 0 aromatic rings. The second-order valence-electron chi connectivity index (χ2n) is 20.8.